The highest BCUT2D eigenvalue weighted by atomic mass is 16.5. The number of benzene rings is 2. The number of ether oxygens (including phenoxy) is 1. The van der Waals surface area contributed by atoms with E-state index in [9.17, 15) is 4.79 Å². The number of carbonyl (C=O) groups is 1. The number of carbonyl (C=O) groups excluding carboxylic acids is 1. The van der Waals surface area contributed by atoms with Gasteiger partial charge in [-0.2, -0.15) is 0 Å². The average molecular weight is 333 g/mol. The van der Waals surface area contributed by atoms with Gasteiger partial charge in [0.1, 0.15) is 6.61 Å². The number of urea groups is 1. The number of rotatable bonds is 6. The van der Waals surface area contributed by atoms with Crippen molar-refractivity contribution < 1.29 is 9.53 Å². The summed E-state index contributed by atoms with van der Waals surface area (Å²) in [4.78, 5) is 16.3. The molecule has 126 valence electrons. The molecule has 0 saturated heterocycles. The maximum atomic E-state index is 12.1. The number of anilines is 1. The average Bonchev–Trinajstić information content (AvgIpc) is 2.67. The third kappa shape index (κ3) is 5.07. The summed E-state index contributed by atoms with van der Waals surface area (Å²) in [6, 6.07) is 22.8. The van der Waals surface area contributed by atoms with Crippen LogP contribution in [0.25, 0.3) is 0 Å². The normalized spacial score (nSPS) is 10.1. The van der Waals surface area contributed by atoms with E-state index in [2.05, 4.69) is 15.6 Å². The van der Waals surface area contributed by atoms with E-state index < -0.39 is 0 Å². The molecule has 5 heteroatoms. The summed E-state index contributed by atoms with van der Waals surface area (Å²) >= 11 is 0. The van der Waals surface area contributed by atoms with Gasteiger partial charge in [-0.1, -0.05) is 60.7 Å². The summed E-state index contributed by atoms with van der Waals surface area (Å²) in [6.45, 7) is 0.854. The minimum absolute atomic E-state index is 0.327. The Hall–Kier alpha value is -3.34. The summed E-state index contributed by atoms with van der Waals surface area (Å²) in [6.07, 6.45) is 1.61. The third-order valence-corrected chi connectivity index (χ3v) is 3.54. The number of pyridine rings is 1. The number of nitrogens with zero attached hydrogens (tertiary/aromatic N) is 1. The first-order valence-electron chi connectivity index (χ1n) is 8.02. The van der Waals surface area contributed by atoms with Crippen molar-refractivity contribution in [1.29, 1.82) is 0 Å². The van der Waals surface area contributed by atoms with E-state index in [0.29, 0.717) is 24.7 Å². The first kappa shape index (κ1) is 16.5. The molecule has 1 heterocycles. The minimum atomic E-state index is -0.327. The van der Waals surface area contributed by atoms with E-state index >= 15 is 0 Å². The standard InChI is InChI=1S/C20H19N3O2/c24-20(22-14-16-8-3-1-4-9-16)23-19-18(12-7-13-21-19)25-15-17-10-5-2-6-11-17/h1-13H,14-15H2,(H2,21,22,23,24). The molecule has 2 N–H and O–H groups in total. The quantitative estimate of drug-likeness (QED) is 0.717. The smallest absolute Gasteiger partial charge is 0.320 e. The lowest BCUT2D eigenvalue weighted by Gasteiger charge is -2.12. The Morgan fingerprint density at radius 1 is 0.880 bits per heavy atom. The fourth-order valence-corrected chi connectivity index (χ4v) is 2.27. The molecule has 0 aliphatic heterocycles. The van der Waals surface area contributed by atoms with Crippen LogP contribution < -0.4 is 15.4 Å². The fraction of sp³-hybridized carbons (Fsp3) is 0.100. The Morgan fingerprint density at radius 3 is 2.28 bits per heavy atom. The molecule has 0 saturated carbocycles. The second kappa shape index (κ2) is 8.49. The summed E-state index contributed by atoms with van der Waals surface area (Å²) in [5.74, 6) is 0.921. The van der Waals surface area contributed by atoms with Crippen LogP contribution in [0.3, 0.4) is 0 Å². The highest BCUT2D eigenvalue weighted by molar-refractivity contribution is 5.89. The third-order valence-electron chi connectivity index (χ3n) is 3.54. The van der Waals surface area contributed by atoms with Gasteiger partial charge in [-0.25, -0.2) is 9.78 Å². The fourth-order valence-electron chi connectivity index (χ4n) is 2.27. The minimum Gasteiger partial charge on any atom is -0.485 e. The molecule has 0 atom stereocenters. The van der Waals surface area contributed by atoms with Gasteiger partial charge in [-0.15, -0.1) is 0 Å². The van der Waals surface area contributed by atoms with Crippen molar-refractivity contribution in [2.24, 2.45) is 0 Å². The van der Waals surface area contributed by atoms with Crippen LogP contribution in [-0.4, -0.2) is 11.0 Å². The number of hydrogen-bond donors (Lipinski definition) is 2. The van der Waals surface area contributed by atoms with Gasteiger partial charge in [-0.3, -0.25) is 5.32 Å². The number of nitrogens with one attached hydrogen (secondary N) is 2. The predicted molar refractivity (Wildman–Crippen MR) is 97.3 cm³/mol. The van der Waals surface area contributed by atoms with Crippen molar-refractivity contribution in [1.82, 2.24) is 10.3 Å². The first-order valence-corrected chi connectivity index (χ1v) is 8.02. The van der Waals surface area contributed by atoms with Crippen LogP contribution >= 0.6 is 0 Å². The van der Waals surface area contributed by atoms with Gasteiger partial charge in [0, 0.05) is 12.7 Å². The zero-order chi connectivity index (χ0) is 17.3. The molecule has 0 spiro atoms. The zero-order valence-electron chi connectivity index (χ0n) is 13.7. The molecule has 25 heavy (non-hydrogen) atoms. The van der Waals surface area contributed by atoms with Crippen molar-refractivity contribution in [2.45, 2.75) is 13.2 Å². The Bertz CT molecular complexity index is 807. The van der Waals surface area contributed by atoms with Crippen molar-refractivity contribution >= 4 is 11.8 Å². The molecule has 0 fully saturated rings. The molecule has 5 nitrogen and oxygen atoms in total. The van der Waals surface area contributed by atoms with Crippen LogP contribution in [0.4, 0.5) is 10.6 Å². The van der Waals surface area contributed by atoms with E-state index in [1.807, 2.05) is 60.7 Å². The van der Waals surface area contributed by atoms with Crippen LogP contribution in [0, 0.1) is 0 Å². The Labute approximate surface area is 146 Å². The monoisotopic (exact) mass is 333 g/mol. The van der Waals surface area contributed by atoms with Gasteiger partial charge in [0.15, 0.2) is 11.6 Å². The van der Waals surface area contributed by atoms with E-state index in [1.54, 1.807) is 18.3 Å². The lowest BCUT2D eigenvalue weighted by molar-refractivity contribution is 0.251. The van der Waals surface area contributed by atoms with Gasteiger partial charge >= 0.3 is 6.03 Å². The van der Waals surface area contributed by atoms with Gasteiger partial charge in [-0.05, 0) is 23.3 Å². The molecule has 0 radical (unpaired) electrons. The van der Waals surface area contributed by atoms with Gasteiger partial charge in [0.05, 0.1) is 0 Å². The van der Waals surface area contributed by atoms with E-state index in [-0.39, 0.29) is 6.03 Å². The lowest BCUT2D eigenvalue weighted by atomic mass is 10.2. The Morgan fingerprint density at radius 2 is 1.56 bits per heavy atom. The zero-order valence-corrected chi connectivity index (χ0v) is 13.7. The molecule has 0 aliphatic rings. The van der Waals surface area contributed by atoms with Crippen molar-refractivity contribution in [3.63, 3.8) is 0 Å². The molecule has 2 amide bonds. The van der Waals surface area contributed by atoms with Crippen LogP contribution in [0.1, 0.15) is 11.1 Å². The molecule has 0 bridgehead atoms. The number of amides is 2. The maximum Gasteiger partial charge on any atom is 0.320 e. The summed E-state index contributed by atoms with van der Waals surface area (Å²) < 4.78 is 5.78. The molecule has 3 aromatic rings. The van der Waals surface area contributed by atoms with E-state index in [4.69, 9.17) is 4.74 Å². The van der Waals surface area contributed by atoms with Crippen molar-refractivity contribution in [3.05, 3.63) is 90.1 Å². The van der Waals surface area contributed by atoms with Crippen molar-refractivity contribution in [3.8, 4) is 5.75 Å². The molecule has 2 aromatic carbocycles. The van der Waals surface area contributed by atoms with E-state index in [1.165, 1.54) is 0 Å². The summed E-state index contributed by atoms with van der Waals surface area (Å²) in [5.41, 5.74) is 2.07. The van der Waals surface area contributed by atoms with Crippen LogP contribution in [-0.2, 0) is 13.2 Å². The van der Waals surface area contributed by atoms with Crippen LogP contribution in [0.15, 0.2) is 79.0 Å². The number of aromatic nitrogens is 1. The lowest BCUT2D eigenvalue weighted by Crippen LogP contribution is -2.28. The molecular weight excluding hydrogens is 314 g/mol. The molecule has 0 aliphatic carbocycles. The van der Waals surface area contributed by atoms with Gasteiger partial charge in [0.2, 0.25) is 0 Å². The highest BCUT2D eigenvalue weighted by Crippen LogP contribution is 2.22. The molecule has 1 aromatic heterocycles. The summed E-state index contributed by atoms with van der Waals surface area (Å²) in [5, 5.41) is 5.53. The molecular formula is C20H19N3O2. The van der Waals surface area contributed by atoms with Crippen molar-refractivity contribution in [2.75, 3.05) is 5.32 Å². The van der Waals surface area contributed by atoms with Gasteiger partial charge < -0.3 is 10.1 Å². The topological polar surface area (TPSA) is 63.2 Å². The highest BCUT2D eigenvalue weighted by Gasteiger charge is 2.09. The predicted octanol–water partition coefficient (Wildman–Crippen LogP) is 3.98. The largest absolute Gasteiger partial charge is 0.485 e. The number of hydrogen-bond acceptors (Lipinski definition) is 3. The van der Waals surface area contributed by atoms with E-state index in [0.717, 1.165) is 11.1 Å². The second-order valence-corrected chi connectivity index (χ2v) is 5.42. The summed E-state index contributed by atoms with van der Waals surface area (Å²) in [7, 11) is 0. The molecule has 3 rings (SSSR count). The SMILES string of the molecule is O=C(NCc1ccccc1)Nc1ncccc1OCc1ccccc1. The Kier molecular flexibility index (Phi) is 5.61. The van der Waals surface area contributed by atoms with Crippen LogP contribution in [0.5, 0.6) is 5.75 Å². The maximum absolute atomic E-state index is 12.1. The first-order chi connectivity index (χ1) is 12.3. The molecule has 0 unspecified atom stereocenters. The van der Waals surface area contributed by atoms with Gasteiger partial charge in [0.25, 0.3) is 0 Å². The Balaban J connectivity index is 1.57. The second-order valence-electron chi connectivity index (χ2n) is 5.42. The van der Waals surface area contributed by atoms with Crippen LogP contribution in [0.2, 0.25) is 0 Å².